The molecule has 0 spiro atoms. The number of hydrogen-bond donors (Lipinski definition) is 0. The Morgan fingerprint density at radius 2 is 1.51 bits per heavy atom. The van der Waals surface area contributed by atoms with E-state index in [-0.39, 0.29) is 24.5 Å². The summed E-state index contributed by atoms with van der Waals surface area (Å²) in [7, 11) is 0. The molecule has 43 heavy (non-hydrogen) atoms. The third-order valence-electron chi connectivity index (χ3n) is 8.25. The first-order chi connectivity index (χ1) is 21.0. The second kappa shape index (κ2) is 13.2. The third-order valence-corrected chi connectivity index (χ3v) is 8.25. The molecular formula is C35H37N5O3. The van der Waals surface area contributed by atoms with E-state index in [1.54, 1.807) is 4.90 Å². The van der Waals surface area contributed by atoms with Crippen molar-refractivity contribution in [1.82, 2.24) is 20.0 Å². The summed E-state index contributed by atoms with van der Waals surface area (Å²) in [5.41, 5.74) is 5.87. The van der Waals surface area contributed by atoms with Crippen LogP contribution < -0.4 is 4.90 Å². The lowest BCUT2D eigenvalue weighted by atomic mass is 10.0. The van der Waals surface area contributed by atoms with E-state index >= 15 is 0 Å². The summed E-state index contributed by atoms with van der Waals surface area (Å²) in [4.78, 5) is 32.4. The fraction of sp³-hybridized carbons (Fsp3) is 0.314. The minimum atomic E-state index is -0.132. The van der Waals surface area contributed by atoms with Gasteiger partial charge in [-0.15, -0.1) is 10.2 Å². The lowest BCUT2D eigenvalue weighted by Gasteiger charge is -2.36. The number of aromatic nitrogens is 2. The fourth-order valence-electron chi connectivity index (χ4n) is 5.69. The molecule has 1 unspecified atom stereocenters. The van der Waals surface area contributed by atoms with Gasteiger partial charge in [-0.3, -0.25) is 9.59 Å². The van der Waals surface area contributed by atoms with Crippen LogP contribution in [0.4, 0.5) is 5.82 Å². The van der Waals surface area contributed by atoms with E-state index in [2.05, 4.69) is 51.5 Å². The van der Waals surface area contributed by atoms with Crippen LogP contribution in [0.15, 0.2) is 91.0 Å². The molecule has 2 fully saturated rings. The van der Waals surface area contributed by atoms with Crippen LogP contribution in [0.2, 0.25) is 0 Å². The first-order valence-corrected chi connectivity index (χ1v) is 15.0. The van der Waals surface area contributed by atoms with Crippen molar-refractivity contribution in [2.45, 2.75) is 25.9 Å². The molecule has 1 atom stereocenters. The molecule has 2 saturated heterocycles. The molecule has 0 bridgehead atoms. The number of nitrogens with zero attached hydrogens (tertiary/aromatic N) is 5. The number of aryl methyl sites for hydroxylation is 1. The predicted octanol–water partition coefficient (Wildman–Crippen LogP) is 5.09. The standard InChI is InChI=1S/C35H37N5O3/c1-26-9-11-30(12-10-26)35(42)40(24-31-8-5-23-43-31)25-34(41)39-21-19-38(20-22-39)33-18-17-32(36-37-33)29-15-13-28(14-16-29)27-6-3-2-4-7-27/h2-4,6-7,9-18,31H,5,8,19-25H2,1H3. The van der Waals surface area contributed by atoms with Crippen LogP contribution in [-0.4, -0.2) is 83.8 Å². The molecule has 0 aliphatic carbocycles. The fourth-order valence-corrected chi connectivity index (χ4v) is 5.69. The van der Waals surface area contributed by atoms with Crippen molar-refractivity contribution in [1.29, 1.82) is 0 Å². The molecule has 2 amide bonds. The maximum Gasteiger partial charge on any atom is 0.254 e. The predicted molar refractivity (Wildman–Crippen MR) is 168 cm³/mol. The van der Waals surface area contributed by atoms with Gasteiger partial charge in [-0.05, 0) is 55.2 Å². The summed E-state index contributed by atoms with van der Waals surface area (Å²) < 4.78 is 5.80. The Labute approximate surface area is 252 Å². The Morgan fingerprint density at radius 1 is 0.814 bits per heavy atom. The highest BCUT2D eigenvalue weighted by Gasteiger charge is 2.28. The van der Waals surface area contributed by atoms with Crippen molar-refractivity contribution in [3.63, 3.8) is 0 Å². The van der Waals surface area contributed by atoms with Crippen molar-refractivity contribution in [3.8, 4) is 22.4 Å². The Morgan fingerprint density at radius 3 is 2.16 bits per heavy atom. The van der Waals surface area contributed by atoms with Crippen molar-refractivity contribution in [2.75, 3.05) is 50.8 Å². The second-order valence-corrected chi connectivity index (χ2v) is 11.3. The molecule has 1 aromatic heterocycles. The molecule has 4 aromatic rings. The molecule has 2 aliphatic heterocycles. The van der Waals surface area contributed by atoms with Crippen molar-refractivity contribution in [3.05, 3.63) is 102 Å². The molecular weight excluding hydrogens is 538 g/mol. The molecule has 2 aliphatic rings. The zero-order chi connectivity index (χ0) is 29.6. The van der Waals surface area contributed by atoms with E-state index in [1.165, 1.54) is 5.56 Å². The summed E-state index contributed by atoms with van der Waals surface area (Å²) in [6, 6.07) is 30.2. The van der Waals surface area contributed by atoms with Crippen LogP contribution in [0.3, 0.4) is 0 Å². The molecule has 220 valence electrons. The SMILES string of the molecule is Cc1ccc(C(=O)N(CC(=O)N2CCN(c3ccc(-c4ccc(-c5ccccc5)cc4)nn3)CC2)CC2CCCO2)cc1. The first-order valence-electron chi connectivity index (χ1n) is 15.0. The van der Waals surface area contributed by atoms with Crippen LogP contribution in [-0.2, 0) is 9.53 Å². The lowest BCUT2D eigenvalue weighted by molar-refractivity contribution is -0.132. The molecule has 0 N–H and O–H groups in total. The van der Waals surface area contributed by atoms with E-state index < -0.39 is 0 Å². The minimum absolute atomic E-state index is 0.0256. The minimum Gasteiger partial charge on any atom is -0.376 e. The van der Waals surface area contributed by atoms with Crippen LogP contribution in [0.25, 0.3) is 22.4 Å². The van der Waals surface area contributed by atoms with E-state index in [0.717, 1.165) is 41.0 Å². The van der Waals surface area contributed by atoms with Gasteiger partial charge in [0.1, 0.15) is 6.54 Å². The second-order valence-electron chi connectivity index (χ2n) is 11.3. The third kappa shape index (κ3) is 6.92. The van der Waals surface area contributed by atoms with Crippen molar-refractivity contribution < 1.29 is 14.3 Å². The van der Waals surface area contributed by atoms with Crippen LogP contribution in [0.1, 0.15) is 28.8 Å². The van der Waals surface area contributed by atoms with Crippen molar-refractivity contribution in [2.24, 2.45) is 0 Å². The van der Waals surface area contributed by atoms with Gasteiger partial charge in [-0.1, -0.05) is 72.3 Å². The van der Waals surface area contributed by atoms with Crippen LogP contribution in [0, 0.1) is 6.92 Å². The maximum absolute atomic E-state index is 13.4. The molecule has 8 nitrogen and oxygen atoms in total. The molecule has 8 heteroatoms. The molecule has 3 aromatic carbocycles. The van der Waals surface area contributed by atoms with Gasteiger partial charge in [0.25, 0.3) is 5.91 Å². The lowest BCUT2D eigenvalue weighted by Crippen LogP contribution is -2.52. The Balaban J connectivity index is 1.05. The highest BCUT2D eigenvalue weighted by molar-refractivity contribution is 5.96. The number of rotatable bonds is 8. The van der Waals surface area contributed by atoms with Gasteiger partial charge in [0, 0.05) is 50.5 Å². The van der Waals surface area contributed by atoms with Gasteiger partial charge in [-0.2, -0.15) is 0 Å². The molecule has 3 heterocycles. The number of benzene rings is 3. The average Bonchev–Trinajstić information content (AvgIpc) is 3.58. The summed E-state index contributed by atoms with van der Waals surface area (Å²) in [5, 5.41) is 9.00. The molecule has 0 radical (unpaired) electrons. The van der Waals surface area contributed by atoms with E-state index in [9.17, 15) is 9.59 Å². The maximum atomic E-state index is 13.4. The number of carbonyl (C=O) groups is 2. The van der Waals surface area contributed by atoms with Gasteiger partial charge in [0.2, 0.25) is 5.91 Å². The number of amides is 2. The Hall–Kier alpha value is -4.56. The van der Waals surface area contributed by atoms with Gasteiger partial charge in [0.05, 0.1) is 11.8 Å². The summed E-state index contributed by atoms with van der Waals surface area (Å²) in [6.07, 6.45) is 1.86. The number of ether oxygens (including phenoxy) is 1. The van der Waals surface area contributed by atoms with Crippen molar-refractivity contribution >= 4 is 17.6 Å². The summed E-state index contributed by atoms with van der Waals surface area (Å²) in [6.45, 7) is 5.61. The number of anilines is 1. The van der Waals surface area contributed by atoms with Gasteiger partial charge in [0.15, 0.2) is 5.82 Å². The number of hydrogen-bond acceptors (Lipinski definition) is 6. The monoisotopic (exact) mass is 575 g/mol. The average molecular weight is 576 g/mol. The van der Waals surface area contributed by atoms with Gasteiger partial charge in [-0.25, -0.2) is 0 Å². The zero-order valence-corrected chi connectivity index (χ0v) is 24.6. The quantitative estimate of drug-likeness (QED) is 0.291. The first kappa shape index (κ1) is 28.6. The summed E-state index contributed by atoms with van der Waals surface area (Å²) >= 11 is 0. The van der Waals surface area contributed by atoms with Crippen LogP contribution in [0.5, 0.6) is 0 Å². The van der Waals surface area contributed by atoms with E-state index in [0.29, 0.717) is 44.9 Å². The smallest absolute Gasteiger partial charge is 0.254 e. The van der Waals surface area contributed by atoms with E-state index in [1.807, 2.05) is 66.4 Å². The molecule has 0 saturated carbocycles. The summed E-state index contributed by atoms with van der Waals surface area (Å²) in [5.74, 6) is 0.623. The van der Waals surface area contributed by atoms with E-state index in [4.69, 9.17) is 4.74 Å². The number of piperazine rings is 1. The van der Waals surface area contributed by atoms with Crippen LogP contribution >= 0.6 is 0 Å². The number of carbonyl (C=O) groups excluding carboxylic acids is 2. The zero-order valence-electron chi connectivity index (χ0n) is 24.6. The largest absolute Gasteiger partial charge is 0.376 e. The Kier molecular flexibility index (Phi) is 8.75. The Bertz CT molecular complexity index is 1510. The topological polar surface area (TPSA) is 78.9 Å². The highest BCUT2D eigenvalue weighted by Crippen LogP contribution is 2.24. The highest BCUT2D eigenvalue weighted by atomic mass is 16.5. The normalized spacial score (nSPS) is 16.7. The molecule has 6 rings (SSSR count). The van der Waals surface area contributed by atoms with Gasteiger partial charge < -0.3 is 19.4 Å². The van der Waals surface area contributed by atoms with Gasteiger partial charge >= 0.3 is 0 Å².